The number of nitrogens with zero attached hydrogens (tertiary/aromatic N) is 2. The van der Waals surface area contributed by atoms with Crippen LogP contribution in [-0.4, -0.2) is 73.1 Å². The number of amides is 2. The van der Waals surface area contributed by atoms with Crippen molar-refractivity contribution in [3.05, 3.63) is 35.4 Å². The zero-order valence-electron chi connectivity index (χ0n) is 18.4. The minimum atomic E-state index is -0.639. The molecule has 2 aliphatic heterocycles. The van der Waals surface area contributed by atoms with Gasteiger partial charge in [-0.1, -0.05) is 31.2 Å². The first-order valence-corrected chi connectivity index (χ1v) is 10.8. The van der Waals surface area contributed by atoms with Gasteiger partial charge in [0, 0.05) is 33.3 Å². The molecular formula is C23H35N3O3. The highest BCUT2D eigenvalue weighted by atomic mass is 16.5. The molecule has 2 fully saturated rings. The second-order valence-electron chi connectivity index (χ2n) is 8.71. The number of hydrogen-bond donors (Lipinski definition) is 1. The molecule has 1 aromatic carbocycles. The second-order valence-corrected chi connectivity index (χ2v) is 8.71. The van der Waals surface area contributed by atoms with Gasteiger partial charge < -0.3 is 15.0 Å². The number of likely N-dealkylation sites (N-methyl/N-ethyl adjacent to an activating group) is 1. The fourth-order valence-corrected chi connectivity index (χ4v) is 4.45. The smallest absolute Gasteiger partial charge is 0.239 e. The Morgan fingerprint density at radius 1 is 1.21 bits per heavy atom. The third-order valence-corrected chi connectivity index (χ3v) is 6.66. The Balaban J connectivity index is 1.67. The van der Waals surface area contributed by atoms with Crippen molar-refractivity contribution in [2.75, 3.05) is 33.3 Å². The third kappa shape index (κ3) is 4.33. The van der Waals surface area contributed by atoms with Crippen LogP contribution < -0.4 is 5.32 Å². The van der Waals surface area contributed by atoms with Crippen LogP contribution in [0.25, 0.3) is 0 Å². The molecule has 0 aliphatic carbocycles. The number of hydrogen-bond acceptors (Lipinski definition) is 4. The molecule has 3 rings (SSSR count). The van der Waals surface area contributed by atoms with Gasteiger partial charge in [-0.25, -0.2) is 0 Å². The summed E-state index contributed by atoms with van der Waals surface area (Å²) in [5.41, 5.74) is 1.62. The maximum atomic E-state index is 13.2. The van der Waals surface area contributed by atoms with E-state index in [0.717, 1.165) is 31.5 Å². The van der Waals surface area contributed by atoms with Crippen molar-refractivity contribution < 1.29 is 14.3 Å². The molecule has 29 heavy (non-hydrogen) atoms. The fraction of sp³-hybridized carbons (Fsp3) is 0.652. The highest BCUT2D eigenvalue weighted by molar-refractivity contribution is 5.88. The van der Waals surface area contributed by atoms with E-state index in [2.05, 4.69) is 29.3 Å². The predicted octanol–water partition coefficient (Wildman–Crippen LogP) is 1.96. The average Bonchev–Trinajstić information content (AvgIpc) is 3.30. The first-order valence-electron chi connectivity index (χ1n) is 10.8. The molecule has 0 saturated carbocycles. The van der Waals surface area contributed by atoms with Crippen molar-refractivity contribution in [1.29, 1.82) is 0 Å². The topological polar surface area (TPSA) is 61.9 Å². The SMILES string of the molecule is CCc1ccc(C(C)(C)C(=O)N[C@@H]2CN(C3CCN(CC)C3=O)C[C@H]2OC)cc1. The molecule has 0 spiro atoms. The van der Waals surface area contributed by atoms with Crippen molar-refractivity contribution in [1.82, 2.24) is 15.1 Å². The monoisotopic (exact) mass is 401 g/mol. The molecule has 1 aromatic rings. The van der Waals surface area contributed by atoms with Gasteiger partial charge in [-0.05, 0) is 44.7 Å². The van der Waals surface area contributed by atoms with E-state index in [1.165, 1.54) is 5.56 Å². The Bertz CT molecular complexity index is 731. The Morgan fingerprint density at radius 3 is 2.45 bits per heavy atom. The zero-order chi connectivity index (χ0) is 21.2. The molecule has 1 N–H and O–H groups in total. The third-order valence-electron chi connectivity index (χ3n) is 6.66. The number of nitrogens with one attached hydrogen (secondary N) is 1. The highest BCUT2D eigenvalue weighted by Crippen LogP contribution is 2.27. The van der Waals surface area contributed by atoms with Gasteiger partial charge in [-0.2, -0.15) is 0 Å². The number of methoxy groups -OCH3 is 1. The van der Waals surface area contributed by atoms with E-state index in [-0.39, 0.29) is 30.0 Å². The van der Waals surface area contributed by atoms with Gasteiger partial charge in [0.05, 0.1) is 23.6 Å². The lowest BCUT2D eigenvalue weighted by atomic mass is 9.83. The molecule has 2 aliphatic rings. The molecule has 3 atom stereocenters. The van der Waals surface area contributed by atoms with Gasteiger partial charge in [0.1, 0.15) is 0 Å². The van der Waals surface area contributed by atoms with Gasteiger partial charge >= 0.3 is 0 Å². The standard InChI is InChI=1S/C23H35N3O3/c1-6-16-8-10-17(11-9-16)23(3,4)22(28)24-18-14-26(15-20(18)29-5)19-12-13-25(7-2)21(19)27/h8-11,18-20H,6-7,12-15H2,1-5H3,(H,24,28)/t18-,19?,20-/m1/s1. The number of carbonyl (C=O) groups is 2. The van der Waals surface area contributed by atoms with Crippen LogP contribution in [0.3, 0.4) is 0 Å². The summed E-state index contributed by atoms with van der Waals surface area (Å²) >= 11 is 0. The van der Waals surface area contributed by atoms with Crippen molar-refractivity contribution >= 4 is 11.8 Å². The number of benzene rings is 1. The largest absolute Gasteiger partial charge is 0.378 e. The van der Waals surface area contributed by atoms with E-state index in [9.17, 15) is 9.59 Å². The Kier molecular flexibility index (Phi) is 6.64. The Morgan fingerprint density at radius 2 is 1.90 bits per heavy atom. The van der Waals surface area contributed by atoms with E-state index in [1.54, 1.807) is 7.11 Å². The van der Waals surface area contributed by atoms with Crippen molar-refractivity contribution in [3.8, 4) is 0 Å². The van der Waals surface area contributed by atoms with Crippen molar-refractivity contribution in [3.63, 3.8) is 0 Å². The zero-order valence-corrected chi connectivity index (χ0v) is 18.4. The van der Waals surface area contributed by atoms with Crippen molar-refractivity contribution in [2.45, 2.75) is 64.1 Å². The molecule has 0 radical (unpaired) electrons. The van der Waals surface area contributed by atoms with E-state index < -0.39 is 5.41 Å². The Labute approximate surface area is 174 Å². The quantitative estimate of drug-likeness (QED) is 0.759. The molecule has 0 aromatic heterocycles. The van der Waals surface area contributed by atoms with Gasteiger partial charge in [0.2, 0.25) is 11.8 Å². The van der Waals surface area contributed by atoms with Crippen LogP contribution in [-0.2, 0) is 26.2 Å². The van der Waals surface area contributed by atoms with Crippen LogP contribution in [0.4, 0.5) is 0 Å². The summed E-state index contributed by atoms with van der Waals surface area (Å²) in [4.78, 5) is 29.9. The number of rotatable bonds is 7. The average molecular weight is 402 g/mol. The van der Waals surface area contributed by atoms with Crippen LogP contribution in [0.15, 0.2) is 24.3 Å². The molecule has 1 unspecified atom stereocenters. The summed E-state index contributed by atoms with van der Waals surface area (Å²) in [6, 6.07) is 8.05. The molecular weight excluding hydrogens is 366 g/mol. The number of carbonyl (C=O) groups excluding carboxylic acids is 2. The summed E-state index contributed by atoms with van der Waals surface area (Å²) in [5, 5.41) is 3.21. The second kappa shape index (κ2) is 8.84. The number of likely N-dealkylation sites (tertiary alicyclic amines) is 2. The van der Waals surface area contributed by atoms with Crippen molar-refractivity contribution in [2.24, 2.45) is 0 Å². The number of aryl methyl sites for hydroxylation is 1. The molecule has 6 nitrogen and oxygen atoms in total. The molecule has 6 heteroatoms. The first kappa shape index (κ1) is 21.8. The van der Waals surface area contributed by atoms with E-state index in [4.69, 9.17) is 4.74 Å². The molecule has 2 amide bonds. The lowest BCUT2D eigenvalue weighted by Crippen LogP contribution is -2.50. The maximum absolute atomic E-state index is 13.2. The lowest BCUT2D eigenvalue weighted by molar-refractivity contribution is -0.131. The van der Waals surface area contributed by atoms with Crippen LogP contribution >= 0.6 is 0 Å². The van der Waals surface area contributed by atoms with Gasteiger partial charge in [0.25, 0.3) is 0 Å². The fourth-order valence-electron chi connectivity index (χ4n) is 4.45. The van der Waals surface area contributed by atoms with E-state index in [0.29, 0.717) is 13.1 Å². The highest BCUT2D eigenvalue weighted by Gasteiger charge is 2.44. The predicted molar refractivity (Wildman–Crippen MR) is 114 cm³/mol. The minimum absolute atomic E-state index is 0.0106. The minimum Gasteiger partial charge on any atom is -0.378 e. The van der Waals surface area contributed by atoms with Gasteiger partial charge in [-0.15, -0.1) is 0 Å². The molecule has 160 valence electrons. The summed E-state index contributed by atoms with van der Waals surface area (Å²) < 4.78 is 5.67. The Hall–Kier alpha value is -1.92. The van der Waals surface area contributed by atoms with Crippen LogP contribution in [0, 0.1) is 0 Å². The summed E-state index contributed by atoms with van der Waals surface area (Å²) in [6.45, 7) is 10.9. The molecule has 2 heterocycles. The summed E-state index contributed by atoms with van der Waals surface area (Å²) in [6.07, 6.45) is 1.72. The molecule has 0 bridgehead atoms. The van der Waals surface area contributed by atoms with E-state index in [1.807, 2.05) is 37.8 Å². The van der Waals surface area contributed by atoms with Gasteiger partial charge in [-0.3, -0.25) is 14.5 Å². The van der Waals surface area contributed by atoms with Crippen LogP contribution in [0.1, 0.15) is 45.2 Å². The lowest BCUT2D eigenvalue weighted by Gasteiger charge is -2.28. The van der Waals surface area contributed by atoms with E-state index >= 15 is 0 Å². The first-order chi connectivity index (χ1) is 13.8. The summed E-state index contributed by atoms with van der Waals surface area (Å²) in [7, 11) is 1.68. The van der Waals surface area contributed by atoms with Gasteiger partial charge in [0.15, 0.2) is 0 Å². The normalized spacial score (nSPS) is 25.6. The maximum Gasteiger partial charge on any atom is 0.239 e. The van der Waals surface area contributed by atoms with Crippen LogP contribution in [0.5, 0.6) is 0 Å². The number of ether oxygens (including phenoxy) is 1. The summed E-state index contributed by atoms with van der Waals surface area (Å²) in [5.74, 6) is 0.189. The molecule has 2 saturated heterocycles. The van der Waals surface area contributed by atoms with Crippen LogP contribution in [0.2, 0.25) is 0 Å².